The van der Waals surface area contributed by atoms with Crippen LogP contribution >= 0.6 is 0 Å². The van der Waals surface area contributed by atoms with Crippen LogP contribution in [0.4, 0.5) is 0 Å². The number of hydrogen-bond acceptors (Lipinski definition) is 4. The van der Waals surface area contributed by atoms with Crippen molar-refractivity contribution in [2.24, 2.45) is 5.10 Å². The zero-order valence-electron chi connectivity index (χ0n) is 11.8. The van der Waals surface area contributed by atoms with Gasteiger partial charge in [0.05, 0.1) is 18.9 Å². The van der Waals surface area contributed by atoms with Gasteiger partial charge in [0.15, 0.2) is 0 Å². The van der Waals surface area contributed by atoms with E-state index in [4.69, 9.17) is 4.74 Å². The van der Waals surface area contributed by atoms with Crippen molar-refractivity contribution in [3.05, 3.63) is 59.2 Å². The Morgan fingerprint density at radius 3 is 2.62 bits per heavy atom. The molecule has 0 aromatic heterocycles. The van der Waals surface area contributed by atoms with Gasteiger partial charge in [-0.1, -0.05) is 6.07 Å². The Balaban J connectivity index is 2.06. The number of carbonyl (C=O) groups excluding carboxylic acids is 1. The van der Waals surface area contributed by atoms with Gasteiger partial charge in [-0.2, -0.15) is 5.10 Å². The van der Waals surface area contributed by atoms with Crippen LogP contribution in [-0.2, 0) is 0 Å². The summed E-state index contributed by atoms with van der Waals surface area (Å²) in [7, 11) is 1.52. The van der Waals surface area contributed by atoms with Crippen molar-refractivity contribution in [2.75, 3.05) is 7.11 Å². The summed E-state index contributed by atoms with van der Waals surface area (Å²) in [4.78, 5) is 12.0. The number of ether oxygens (including phenoxy) is 1. The van der Waals surface area contributed by atoms with Crippen LogP contribution in [0.15, 0.2) is 47.6 Å². The fourth-order valence-corrected chi connectivity index (χ4v) is 1.77. The van der Waals surface area contributed by atoms with Gasteiger partial charge in [-0.3, -0.25) is 4.79 Å². The van der Waals surface area contributed by atoms with E-state index in [2.05, 4.69) is 10.5 Å². The lowest BCUT2D eigenvalue weighted by molar-refractivity contribution is 0.0952. The quantitative estimate of drug-likeness (QED) is 0.669. The number of aryl methyl sites for hydroxylation is 1. The minimum absolute atomic E-state index is 0.181. The Hall–Kier alpha value is -2.82. The van der Waals surface area contributed by atoms with Crippen molar-refractivity contribution >= 4 is 12.1 Å². The first-order valence-electron chi connectivity index (χ1n) is 6.37. The van der Waals surface area contributed by atoms with E-state index in [9.17, 15) is 9.90 Å². The maximum Gasteiger partial charge on any atom is 0.275 e. The van der Waals surface area contributed by atoms with E-state index < -0.39 is 0 Å². The molecular weight excluding hydrogens is 268 g/mol. The molecule has 2 N–H and O–H groups in total. The van der Waals surface area contributed by atoms with Gasteiger partial charge in [0.1, 0.15) is 11.5 Å². The third-order valence-electron chi connectivity index (χ3n) is 2.87. The largest absolute Gasteiger partial charge is 0.508 e. The molecule has 0 bridgehead atoms. The van der Waals surface area contributed by atoms with Crippen LogP contribution in [0.3, 0.4) is 0 Å². The number of benzene rings is 2. The topological polar surface area (TPSA) is 70.9 Å². The summed E-state index contributed by atoms with van der Waals surface area (Å²) in [5.74, 6) is 0.342. The van der Waals surface area contributed by atoms with E-state index >= 15 is 0 Å². The summed E-state index contributed by atoms with van der Waals surface area (Å²) in [6.07, 6.45) is 1.50. The standard InChI is InChI=1S/C16H16N2O3/c1-11-3-8-14(15(9-11)21-2)16(20)18-17-10-12-4-6-13(19)7-5-12/h3-10,19H,1-2H3,(H,18,20)/b17-10-. The minimum atomic E-state index is -0.345. The van der Waals surface area contributed by atoms with E-state index in [-0.39, 0.29) is 11.7 Å². The number of aromatic hydroxyl groups is 1. The first kappa shape index (κ1) is 14.6. The molecule has 0 radical (unpaired) electrons. The number of hydrogen-bond donors (Lipinski definition) is 2. The van der Waals surface area contributed by atoms with Crippen molar-refractivity contribution < 1.29 is 14.6 Å². The van der Waals surface area contributed by atoms with Gasteiger partial charge in [-0.25, -0.2) is 5.43 Å². The molecule has 1 amide bonds. The Labute approximate surface area is 122 Å². The van der Waals surface area contributed by atoms with Crippen molar-refractivity contribution in [1.82, 2.24) is 5.43 Å². The SMILES string of the molecule is COc1cc(C)ccc1C(=O)N/N=C\c1ccc(O)cc1. The number of rotatable bonds is 4. The molecule has 5 nitrogen and oxygen atoms in total. The normalized spacial score (nSPS) is 10.6. The van der Waals surface area contributed by atoms with Crippen molar-refractivity contribution in [3.8, 4) is 11.5 Å². The molecular formula is C16H16N2O3. The first-order chi connectivity index (χ1) is 10.1. The number of nitrogens with one attached hydrogen (secondary N) is 1. The highest BCUT2D eigenvalue weighted by Gasteiger charge is 2.11. The molecule has 108 valence electrons. The summed E-state index contributed by atoms with van der Waals surface area (Å²) < 4.78 is 5.18. The smallest absolute Gasteiger partial charge is 0.275 e. The monoisotopic (exact) mass is 284 g/mol. The number of phenols is 1. The maximum absolute atomic E-state index is 12.0. The molecule has 0 fully saturated rings. The molecule has 2 aromatic rings. The molecule has 0 aliphatic heterocycles. The van der Waals surface area contributed by atoms with Crippen LogP contribution in [0, 0.1) is 6.92 Å². The Bertz CT molecular complexity index is 664. The van der Waals surface area contributed by atoms with E-state index in [1.165, 1.54) is 13.3 Å². The van der Waals surface area contributed by atoms with Gasteiger partial charge in [0.25, 0.3) is 5.91 Å². The summed E-state index contributed by atoms with van der Waals surface area (Å²) in [5.41, 5.74) is 4.64. The Morgan fingerprint density at radius 2 is 1.95 bits per heavy atom. The second-order valence-corrected chi connectivity index (χ2v) is 4.49. The van der Waals surface area contributed by atoms with Gasteiger partial charge < -0.3 is 9.84 Å². The number of nitrogens with zero attached hydrogens (tertiary/aromatic N) is 1. The van der Waals surface area contributed by atoms with Crippen LogP contribution in [0.25, 0.3) is 0 Å². The van der Waals surface area contributed by atoms with Gasteiger partial charge >= 0.3 is 0 Å². The molecule has 0 spiro atoms. The lowest BCUT2D eigenvalue weighted by atomic mass is 10.1. The summed E-state index contributed by atoms with van der Waals surface area (Å²) in [6.45, 7) is 1.92. The van der Waals surface area contributed by atoms with Crippen LogP contribution in [-0.4, -0.2) is 24.3 Å². The van der Waals surface area contributed by atoms with E-state index in [0.717, 1.165) is 11.1 Å². The van der Waals surface area contributed by atoms with Gasteiger partial charge in [0, 0.05) is 0 Å². The van der Waals surface area contributed by atoms with Crippen molar-refractivity contribution in [3.63, 3.8) is 0 Å². The van der Waals surface area contributed by atoms with Crippen LogP contribution in [0.2, 0.25) is 0 Å². The second kappa shape index (κ2) is 6.56. The predicted octanol–water partition coefficient (Wildman–Crippen LogP) is 2.47. The van der Waals surface area contributed by atoms with Gasteiger partial charge in [-0.05, 0) is 54.4 Å². The molecule has 0 heterocycles. The minimum Gasteiger partial charge on any atom is -0.508 e. The molecule has 5 heteroatoms. The lowest BCUT2D eigenvalue weighted by Crippen LogP contribution is -2.18. The third kappa shape index (κ3) is 3.82. The number of phenolic OH excluding ortho intramolecular Hbond substituents is 1. The number of hydrazone groups is 1. The number of amides is 1. The van der Waals surface area contributed by atoms with Crippen molar-refractivity contribution in [2.45, 2.75) is 6.92 Å². The first-order valence-corrected chi connectivity index (χ1v) is 6.37. The molecule has 0 saturated carbocycles. The molecule has 2 aromatic carbocycles. The molecule has 0 atom stereocenters. The highest BCUT2D eigenvalue weighted by Crippen LogP contribution is 2.19. The average molecular weight is 284 g/mol. The lowest BCUT2D eigenvalue weighted by Gasteiger charge is -2.07. The van der Waals surface area contributed by atoms with Crippen molar-refractivity contribution in [1.29, 1.82) is 0 Å². The Morgan fingerprint density at radius 1 is 1.24 bits per heavy atom. The van der Waals surface area contributed by atoms with E-state index in [1.807, 2.05) is 13.0 Å². The summed E-state index contributed by atoms with van der Waals surface area (Å²) in [5, 5.41) is 13.1. The summed E-state index contributed by atoms with van der Waals surface area (Å²) in [6, 6.07) is 11.8. The van der Waals surface area contributed by atoms with Crippen LogP contribution in [0.5, 0.6) is 11.5 Å². The van der Waals surface area contributed by atoms with Gasteiger partial charge in [-0.15, -0.1) is 0 Å². The maximum atomic E-state index is 12.0. The van der Waals surface area contributed by atoms with E-state index in [0.29, 0.717) is 11.3 Å². The zero-order valence-corrected chi connectivity index (χ0v) is 11.8. The third-order valence-corrected chi connectivity index (χ3v) is 2.87. The molecule has 0 aliphatic rings. The average Bonchev–Trinajstić information content (AvgIpc) is 2.49. The van der Waals surface area contributed by atoms with Crippen LogP contribution in [0.1, 0.15) is 21.5 Å². The molecule has 2 rings (SSSR count). The highest BCUT2D eigenvalue weighted by atomic mass is 16.5. The highest BCUT2D eigenvalue weighted by molar-refractivity contribution is 5.97. The molecule has 0 aliphatic carbocycles. The van der Waals surface area contributed by atoms with Gasteiger partial charge in [0.2, 0.25) is 0 Å². The summed E-state index contributed by atoms with van der Waals surface area (Å²) >= 11 is 0. The molecule has 0 unspecified atom stereocenters. The molecule has 21 heavy (non-hydrogen) atoms. The zero-order chi connectivity index (χ0) is 15.2. The fourth-order valence-electron chi connectivity index (χ4n) is 1.77. The molecule has 0 saturated heterocycles. The second-order valence-electron chi connectivity index (χ2n) is 4.49. The fraction of sp³-hybridized carbons (Fsp3) is 0.125. The number of methoxy groups -OCH3 is 1. The number of carbonyl (C=O) groups is 1. The van der Waals surface area contributed by atoms with Crippen LogP contribution < -0.4 is 10.2 Å². The Kier molecular flexibility index (Phi) is 4.56. The predicted molar refractivity (Wildman–Crippen MR) is 80.9 cm³/mol. The van der Waals surface area contributed by atoms with E-state index in [1.54, 1.807) is 36.4 Å².